The van der Waals surface area contributed by atoms with E-state index in [1.807, 2.05) is 30.1 Å². The number of carbonyl (C=O) groups excluding carboxylic acids is 1. The molecule has 1 aromatic heterocycles. The number of aromatic nitrogens is 1. The van der Waals surface area contributed by atoms with Crippen molar-refractivity contribution in [2.45, 2.75) is 39.8 Å². The Hall–Kier alpha value is -1.49. The number of hydrogen-bond donors (Lipinski definition) is 3. The summed E-state index contributed by atoms with van der Waals surface area (Å²) in [6.07, 6.45) is 4.63. The zero-order valence-electron chi connectivity index (χ0n) is 12.2. The third kappa shape index (κ3) is 6.29. The zero-order chi connectivity index (χ0) is 14.5. The van der Waals surface area contributed by atoms with Crippen LogP contribution in [0.3, 0.4) is 0 Å². The summed E-state index contributed by atoms with van der Waals surface area (Å²) in [4.78, 5) is 11.7. The van der Waals surface area contributed by atoms with Crippen LogP contribution in [0, 0.1) is 5.41 Å². The third-order valence-electron chi connectivity index (χ3n) is 2.76. The average Bonchev–Trinajstić information content (AvgIpc) is 2.70. The van der Waals surface area contributed by atoms with Crippen LogP contribution in [0.25, 0.3) is 0 Å². The number of aliphatic hydroxyl groups excluding tert-OH is 1. The SMILES string of the molecule is Cn1ccc(CNC(=O)NC(CO)CC(C)(C)C)c1. The van der Waals surface area contributed by atoms with E-state index < -0.39 is 0 Å². The van der Waals surface area contributed by atoms with Gasteiger partial charge in [-0.15, -0.1) is 0 Å². The van der Waals surface area contributed by atoms with Crippen LogP contribution in [-0.2, 0) is 13.6 Å². The lowest BCUT2D eigenvalue weighted by molar-refractivity contribution is 0.191. The molecule has 0 aliphatic heterocycles. The van der Waals surface area contributed by atoms with E-state index in [-0.39, 0.29) is 24.1 Å². The van der Waals surface area contributed by atoms with E-state index in [1.54, 1.807) is 0 Å². The Morgan fingerprint density at radius 3 is 2.63 bits per heavy atom. The molecule has 2 amide bonds. The molecular formula is C14H25N3O2. The Morgan fingerprint density at radius 1 is 1.47 bits per heavy atom. The maximum absolute atomic E-state index is 11.7. The van der Waals surface area contributed by atoms with Crippen LogP contribution < -0.4 is 10.6 Å². The van der Waals surface area contributed by atoms with Gasteiger partial charge in [0.05, 0.1) is 12.6 Å². The van der Waals surface area contributed by atoms with E-state index in [0.29, 0.717) is 6.54 Å². The molecule has 3 N–H and O–H groups in total. The van der Waals surface area contributed by atoms with Gasteiger partial charge in [-0.05, 0) is 23.5 Å². The first-order valence-electron chi connectivity index (χ1n) is 6.56. The molecular weight excluding hydrogens is 242 g/mol. The first-order valence-corrected chi connectivity index (χ1v) is 6.56. The first kappa shape index (κ1) is 15.6. The molecule has 0 aromatic carbocycles. The Kier molecular flexibility index (Phi) is 5.42. The van der Waals surface area contributed by atoms with Crippen molar-refractivity contribution in [2.24, 2.45) is 12.5 Å². The van der Waals surface area contributed by atoms with Gasteiger partial charge in [0.15, 0.2) is 0 Å². The monoisotopic (exact) mass is 267 g/mol. The van der Waals surface area contributed by atoms with Crippen LogP contribution >= 0.6 is 0 Å². The molecule has 1 unspecified atom stereocenters. The third-order valence-corrected chi connectivity index (χ3v) is 2.76. The molecule has 1 aromatic rings. The molecule has 19 heavy (non-hydrogen) atoms. The van der Waals surface area contributed by atoms with Gasteiger partial charge in [0.2, 0.25) is 0 Å². The summed E-state index contributed by atoms with van der Waals surface area (Å²) in [5.74, 6) is 0. The first-order chi connectivity index (χ1) is 8.80. The fourth-order valence-electron chi connectivity index (χ4n) is 1.98. The summed E-state index contributed by atoms with van der Waals surface area (Å²) >= 11 is 0. The van der Waals surface area contributed by atoms with Crippen molar-refractivity contribution in [3.8, 4) is 0 Å². The van der Waals surface area contributed by atoms with E-state index in [0.717, 1.165) is 12.0 Å². The highest BCUT2D eigenvalue weighted by Crippen LogP contribution is 2.20. The Bertz CT molecular complexity index is 407. The molecule has 0 spiro atoms. The lowest BCUT2D eigenvalue weighted by Crippen LogP contribution is -2.45. The molecule has 0 saturated carbocycles. The number of nitrogens with one attached hydrogen (secondary N) is 2. The van der Waals surface area contributed by atoms with Crippen molar-refractivity contribution in [2.75, 3.05) is 6.61 Å². The van der Waals surface area contributed by atoms with E-state index in [9.17, 15) is 9.90 Å². The van der Waals surface area contributed by atoms with Gasteiger partial charge in [-0.3, -0.25) is 0 Å². The van der Waals surface area contributed by atoms with Crippen LogP contribution in [0.1, 0.15) is 32.8 Å². The minimum absolute atomic E-state index is 0.0456. The van der Waals surface area contributed by atoms with E-state index in [1.165, 1.54) is 0 Å². The largest absolute Gasteiger partial charge is 0.394 e. The maximum Gasteiger partial charge on any atom is 0.315 e. The van der Waals surface area contributed by atoms with E-state index >= 15 is 0 Å². The van der Waals surface area contributed by atoms with Gasteiger partial charge < -0.3 is 20.3 Å². The molecule has 5 nitrogen and oxygen atoms in total. The lowest BCUT2D eigenvalue weighted by atomic mass is 9.88. The maximum atomic E-state index is 11.7. The highest BCUT2D eigenvalue weighted by atomic mass is 16.3. The van der Waals surface area contributed by atoms with Crippen LogP contribution in [-0.4, -0.2) is 28.4 Å². The molecule has 108 valence electrons. The summed E-state index contributed by atoms with van der Waals surface area (Å²) in [5, 5.41) is 14.9. The van der Waals surface area contributed by atoms with Crippen molar-refractivity contribution >= 4 is 6.03 Å². The van der Waals surface area contributed by atoms with Crippen molar-refractivity contribution in [3.05, 3.63) is 24.0 Å². The van der Waals surface area contributed by atoms with Crippen molar-refractivity contribution < 1.29 is 9.90 Å². The summed E-state index contributed by atoms with van der Waals surface area (Å²) in [6, 6.07) is 1.50. The van der Waals surface area contributed by atoms with E-state index in [2.05, 4.69) is 31.4 Å². The molecule has 0 saturated heterocycles. The molecule has 0 fully saturated rings. The van der Waals surface area contributed by atoms with Gasteiger partial charge in [0, 0.05) is 26.0 Å². The van der Waals surface area contributed by atoms with Crippen molar-refractivity contribution in [1.82, 2.24) is 15.2 Å². The number of nitrogens with zero attached hydrogens (tertiary/aromatic N) is 1. The predicted octanol–water partition coefficient (Wildman–Crippen LogP) is 1.62. The van der Waals surface area contributed by atoms with Crippen LogP contribution in [0.15, 0.2) is 18.5 Å². The summed E-state index contributed by atoms with van der Waals surface area (Å²) < 4.78 is 1.94. The summed E-state index contributed by atoms with van der Waals surface area (Å²) in [6.45, 7) is 6.69. The molecule has 0 radical (unpaired) electrons. The van der Waals surface area contributed by atoms with Gasteiger partial charge in [0.25, 0.3) is 0 Å². The van der Waals surface area contributed by atoms with E-state index in [4.69, 9.17) is 0 Å². The van der Waals surface area contributed by atoms with Gasteiger partial charge in [-0.2, -0.15) is 0 Å². The van der Waals surface area contributed by atoms with Crippen LogP contribution in [0.4, 0.5) is 4.79 Å². The summed E-state index contributed by atoms with van der Waals surface area (Å²) in [7, 11) is 1.94. The lowest BCUT2D eigenvalue weighted by Gasteiger charge is -2.25. The Balaban J connectivity index is 2.37. The van der Waals surface area contributed by atoms with Gasteiger partial charge >= 0.3 is 6.03 Å². The Labute approximate surface area is 115 Å². The van der Waals surface area contributed by atoms with Gasteiger partial charge in [-0.25, -0.2) is 4.79 Å². The second-order valence-electron chi connectivity index (χ2n) is 6.16. The van der Waals surface area contributed by atoms with Crippen molar-refractivity contribution in [1.29, 1.82) is 0 Å². The number of rotatable bonds is 5. The second-order valence-corrected chi connectivity index (χ2v) is 6.16. The number of hydrogen-bond acceptors (Lipinski definition) is 2. The normalized spacial score (nSPS) is 13.1. The average molecular weight is 267 g/mol. The number of amides is 2. The second kappa shape index (κ2) is 6.61. The highest BCUT2D eigenvalue weighted by molar-refractivity contribution is 5.74. The molecule has 0 aliphatic rings. The highest BCUT2D eigenvalue weighted by Gasteiger charge is 2.19. The standard InChI is InChI=1S/C14H25N3O2/c1-14(2,3)7-12(10-18)16-13(19)15-8-11-5-6-17(4)9-11/h5-6,9,12,18H,7-8,10H2,1-4H3,(H2,15,16,19). The minimum atomic E-state index is -0.243. The number of aryl methyl sites for hydroxylation is 1. The van der Waals surface area contributed by atoms with Crippen LogP contribution in [0.2, 0.25) is 0 Å². The summed E-state index contributed by atoms with van der Waals surface area (Å²) in [5.41, 5.74) is 1.12. The molecule has 1 atom stereocenters. The zero-order valence-corrected chi connectivity index (χ0v) is 12.2. The molecule has 5 heteroatoms. The van der Waals surface area contributed by atoms with Crippen LogP contribution in [0.5, 0.6) is 0 Å². The van der Waals surface area contributed by atoms with Crippen molar-refractivity contribution in [3.63, 3.8) is 0 Å². The molecule has 1 heterocycles. The molecule has 0 bridgehead atoms. The quantitative estimate of drug-likeness (QED) is 0.759. The minimum Gasteiger partial charge on any atom is -0.394 e. The smallest absolute Gasteiger partial charge is 0.315 e. The molecule has 1 rings (SSSR count). The number of carbonyl (C=O) groups is 1. The Morgan fingerprint density at radius 2 is 2.16 bits per heavy atom. The molecule has 0 aliphatic carbocycles. The number of aliphatic hydroxyl groups is 1. The topological polar surface area (TPSA) is 66.3 Å². The number of urea groups is 1. The fraction of sp³-hybridized carbons (Fsp3) is 0.643. The van der Waals surface area contributed by atoms with Gasteiger partial charge in [-0.1, -0.05) is 20.8 Å². The van der Waals surface area contributed by atoms with Gasteiger partial charge in [0.1, 0.15) is 0 Å². The fourth-order valence-corrected chi connectivity index (χ4v) is 1.98. The predicted molar refractivity (Wildman–Crippen MR) is 75.7 cm³/mol.